The molecule has 0 aliphatic carbocycles. The van der Waals surface area contributed by atoms with Gasteiger partial charge in [0.15, 0.2) is 6.21 Å². The van der Waals surface area contributed by atoms with E-state index in [9.17, 15) is 10.0 Å². The highest BCUT2D eigenvalue weighted by molar-refractivity contribution is 5.94. The van der Waals surface area contributed by atoms with Crippen molar-refractivity contribution in [3.05, 3.63) is 64.9 Å². The molecule has 0 saturated carbocycles. The lowest BCUT2D eigenvalue weighted by Crippen LogP contribution is -2.21. The topological polar surface area (TPSA) is 55.6 Å². The zero-order valence-electron chi connectivity index (χ0n) is 14.9. The zero-order valence-corrected chi connectivity index (χ0v) is 14.9. The SMILES string of the molecule is CCOC(=O)c1ccccc1[N+]([O-])=Cc1ccc(N(CC)CC)cc1. The summed E-state index contributed by atoms with van der Waals surface area (Å²) in [4.78, 5) is 14.2. The van der Waals surface area contributed by atoms with Crippen LogP contribution in [0.2, 0.25) is 0 Å². The van der Waals surface area contributed by atoms with E-state index in [2.05, 4.69) is 18.7 Å². The van der Waals surface area contributed by atoms with Gasteiger partial charge in [0.05, 0.1) is 6.61 Å². The van der Waals surface area contributed by atoms with E-state index in [1.807, 2.05) is 24.3 Å². The molecule has 0 spiro atoms. The summed E-state index contributed by atoms with van der Waals surface area (Å²) in [7, 11) is 0. The molecular formula is C20H24N2O3. The van der Waals surface area contributed by atoms with Crippen LogP contribution in [-0.2, 0) is 4.74 Å². The number of carbonyl (C=O) groups excluding carboxylic acids is 1. The van der Waals surface area contributed by atoms with Gasteiger partial charge in [0.1, 0.15) is 5.56 Å². The highest BCUT2D eigenvalue weighted by Gasteiger charge is 2.17. The maximum Gasteiger partial charge on any atom is 0.344 e. The third kappa shape index (κ3) is 4.59. The number of anilines is 1. The highest BCUT2D eigenvalue weighted by atomic mass is 16.5. The molecular weight excluding hydrogens is 316 g/mol. The van der Waals surface area contributed by atoms with Crippen LogP contribution in [0.4, 0.5) is 11.4 Å². The number of carbonyl (C=O) groups is 1. The van der Waals surface area contributed by atoms with Crippen LogP contribution in [0.1, 0.15) is 36.7 Å². The molecule has 0 aliphatic rings. The summed E-state index contributed by atoms with van der Waals surface area (Å²) in [5, 5.41) is 12.5. The van der Waals surface area contributed by atoms with Gasteiger partial charge < -0.3 is 14.8 Å². The number of rotatable bonds is 7. The van der Waals surface area contributed by atoms with Gasteiger partial charge in [-0.15, -0.1) is 0 Å². The lowest BCUT2D eigenvalue weighted by atomic mass is 10.1. The molecule has 5 nitrogen and oxygen atoms in total. The summed E-state index contributed by atoms with van der Waals surface area (Å²) in [6.07, 6.45) is 1.46. The highest BCUT2D eigenvalue weighted by Crippen LogP contribution is 2.20. The lowest BCUT2D eigenvalue weighted by molar-refractivity contribution is -0.354. The van der Waals surface area contributed by atoms with E-state index < -0.39 is 5.97 Å². The van der Waals surface area contributed by atoms with Crippen LogP contribution in [0, 0.1) is 5.21 Å². The first-order valence-electron chi connectivity index (χ1n) is 8.53. The molecule has 2 rings (SSSR count). The summed E-state index contributed by atoms with van der Waals surface area (Å²) >= 11 is 0. The minimum Gasteiger partial charge on any atom is -0.618 e. The summed E-state index contributed by atoms with van der Waals surface area (Å²) in [6, 6.07) is 14.4. The molecule has 5 heteroatoms. The molecule has 0 heterocycles. The number of hydrogen-bond donors (Lipinski definition) is 0. The Hall–Kier alpha value is -2.82. The van der Waals surface area contributed by atoms with Crippen molar-refractivity contribution in [2.45, 2.75) is 20.8 Å². The van der Waals surface area contributed by atoms with E-state index in [1.165, 1.54) is 6.21 Å². The number of hydrogen-bond acceptors (Lipinski definition) is 4. The van der Waals surface area contributed by atoms with Gasteiger partial charge in [0.25, 0.3) is 0 Å². The molecule has 0 atom stereocenters. The summed E-state index contributed by atoms with van der Waals surface area (Å²) in [5.74, 6) is -0.496. The van der Waals surface area contributed by atoms with Crippen molar-refractivity contribution >= 4 is 23.6 Å². The largest absolute Gasteiger partial charge is 0.618 e. The minimum atomic E-state index is -0.496. The van der Waals surface area contributed by atoms with Crippen molar-refractivity contribution < 1.29 is 14.3 Å². The summed E-state index contributed by atoms with van der Waals surface area (Å²) in [5.41, 5.74) is 2.42. The van der Waals surface area contributed by atoms with Crippen LogP contribution in [0.5, 0.6) is 0 Å². The Kier molecular flexibility index (Phi) is 6.57. The number of nitrogens with zero attached hydrogens (tertiary/aromatic N) is 2. The zero-order chi connectivity index (χ0) is 18.2. The van der Waals surface area contributed by atoms with E-state index in [0.717, 1.165) is 24.3 Å². The van der Waals surface area contributed by atoms with Gasteiger partial charge in [0.2, 0.25) is 5.69 Å². The Labute approximate surface area is 148 Å². The smallest absolute Gasteiger partial charge is 0.344 e. The lowest BCUT2D eigenvalue weighted by Gasteiger charge is -2.20. The molecule has 0 bridgehead atoms. The first-order chi connectivity index (χ1) is 12.1. The molecule has 0 amide bonds. The van der Waals surface area contributed by atoms with Crippen LogP contribution in [0.25, 0.3) is 0 Å². The molecule has 0 N–H and O–H groups in total. The van der Waals surface area contributed by atoms with Crippen molar-refractivity contribution in [2.24, 2.45) is 0 Å². The molecule has 0 fully saturated rings. The average molecular weight is 340 g/mol. The van der Waals surface area contributed by atoms with Gasteiger partial charge in [-0.1, -0.05) is 12.1 Å². The molecule has 2 aromatic carbocycles. The Morgan fingerprint density at radius 2 is 1.72 bits per heavy atom. The van der Waals surface area contributed by atoms with E-state index >= 15 is 0 Å². The van der Waals surface area contributed by atoms with E-state index in [-0.39, 0.29) is 17.9 Å². The Morgan fingerprint density at radius 3 is 2.32 bits per heavy atom. The maximum absolute atomic E-state index is 12.5. The van der Waals surface area contributed by atoms with Crippen molar-refractivity contribution in [1.29, 1.82) is 0 Å². The molecule has 132 valence electrons. The van der Waals surface area contributed by atoms with Gasteiger partial charge in [-0.05, 0) is 51.1 Å². The molecule has 0 aliphatic heterocycles. The molecule has 0 unspecified atom stereocenters. The Bertz CT molecular complexity index is 735. The normalized spacial score (nSPS) is 11.2. The Morgan fingerprint density at radius 1 is 1.08 bits per heavy atom. The van der Waals surface area contributed by atoms with Crippen LogP contribution in [-0.4, -0.2) is 36.6 Å². The van der Waals surface area contributed by atoms with Crippen LogP contribution < -0.4 is 4.90 Å². The number of benzene rings is 2. The molecule has 0 radical (unpaired) electrons. The Balaban J connectivity index is 2.29. The minimum absolute atomic E-state index is 0.260. The monoisotopic (exact) mass is 340 g/mol. The fraction of sp³-hybridized carbons (Fsp3) is 0.300. The van der Waals surface area contributed by atoms with Crippen molar-refractivity contribution in [3.63, 3.8) is 0 Å². The average Bonchev–Trinajstić information content (AvgIpc) is 2.64. The quantitative estimate of drug-likeness (QED) is 0.252. The van der Waals surface area contributed by atoms with Crippen molar-refractivity contribution in [3.8, 4) is 0 Å². The fourth-order valence-corrected chi connectivity index (χ4v) is 2.61. The molecule has 0 saturated heterocycles. The van der Waals surface area contributed by atoms with Gasteiger partial charge in [-0.25, -0.2) is 4.79 Å². The van der Waals surface area contributed by atoms with Gasteiger partial charge in [0, 0.05) is 30.4 Å². The molecule has 2 aromatic rings. The second-order valence-electron chi connectivity index (χ2n) is 5.46. The van der Waals surface area contributed by atoms with Gasteiger partial charge >= 0.3 is 5.97 Å². The van der Waals surface area contributed by atoms with E-state index in [1.54, 1.807) is 31.2 Å². The third-order valence-electron chi connectivity index (χ3n) is 3.92. The summed E-state index contributed by atoms with van der Waals surface area (Å²) in [6.45, 7) is 8.08. The molecule has 25 heavy (non-hydrogen) atoms. The molecule has 0 aromatic heterocycles. The number of para-hydroxylation sites is 1. The van der Waals surface area contributed by atoms with Crippen molar-refractivity contribution in [2.75, 3.05) is 24.6 Å². The predicted molar refractivity (Wildman–Crippen MR) is 101 cm³/mol. The van der Waals surface area contributed by atoms with E-state index in [4.69, 9.17) is 4.74 Å². The number of ether oxygens (including phenoxy) is 1. The van der Waals surface area contributed by atoms with Crippen LogP contribution in [0.3, 0.4) is 0 Å². The van der Waals surface area contributed by atoms with Crippen LogP contribution in [0.15, 0.2) is 48.5 Å². The second-order valence-corrected chi connectivity index (χ2v) is 5.46. The van der Waals surface area contributed by atoms with E-state index in [0.29, 0.717) is 4.74 Å². The first-order valence-corrected chi connectivity index (χ1v) is 8.53. The third-order valence-corrected chi connectivity index (χ3v) is 3.92. The standard InChI is InChI=1S/C20H24N2O3/c1-4-21(5-2)17-13-11-16(12-14-17)15-22(24)19-10-8-7-9-18(19)20(23)25-6-3/h7-15H,4-6H2,1-3H3. The maximum atomic E-state index is 12.5. The van der Waals surface area contributed by atoms with Crippen LogP contribution >= 0.6 is 0 Å². The first kappa shape index (κ1) is 18.5. The van der Waals surface area contributed by atoms with Crippen molar-refractivity contribution in [1.82, 2.24) is 0 Å². The van der Waals surface area contributed by atoms with Gasteiger partial charge in [-0.2, -0.15) is 4.74 Å². The fourth-order valence-electron chi connectivity index (χ4n) is 2.61. The second kappa shape index (κ2) is 8.87. The summed E-state index contributed by atoms with van der Waals surface area (Å²) < 4.78 is 5.72. The van der Waals surface area contributed by atoms with Gasteiger partial charge in [-0.3, -0.25) is 0 Å². The predicted octanol–water partition coefficient (Wildman–Crippen LogP) is 3.97. The number of esters is 1.